The van der Waals surface area contributed by atoms with Crippen LogP contribution in [-0.2, 0) is 13.6 Å². The number of hydrogen-bond donors (Lipinski definition) is 0. The number of rotatable bonds is 4. The van der Waals surface area contributed by atoms with E-state index in [-0.39, 0.29) is 0 Å². The van der Waals surface area contributed by atoms with E-state index >= 15 is 0 Å². The maximum absolute atomic E-state index is 11.2. The third-order valence-electron chi connectivity index (χ3n) is 3.13. The van der Waals surface area contributed by atoms with Crippen LogP contribution in [0.3, 0.4) is 0 Å². The second kappa shape index (κ2) is 5.65. The summed E-state index contributed by atoms with van der Waals surface area (Å²) in [6.07, 6.45) is 6.14. The number of halogens is 1. The minimum Gasteiger partial charge on any atom is -0.298 e. The van der Waals surface area contributed by atoms with Crippen LogP contribution in [0.1, 0.15) is 15.9 Å². The molecular weight excluding hydrogens is 332 g/mol. The lowest BCUT2D eigenvalue weighted by atomic mass is 10.2. The molecule has 1 aromatic carbocycles. The smallest absolute Gasteiger partial charge is 0.153 e. The topological polar surface area (TPSA) is 52.7 Å². The Morgan fingerprint density at radius 1 is 1.33 bits per heavy atom. The van der Waals surface area contributed by atoms with Crippen molar-refractivity contribution in [3.63, 3.8) is 0 Å². The summed E-state index contributed by atoms with van der Waals surface area (Å²) in [6.45, 7) is 0.612. The van der Waals surface area contributed by atoms with Crippen molar-refractivity contribution in [1.82, 2.24) is 19.6 Å². The highest BCUT2D eigenvalue weighted by molar-refractivity contribution is 9.10. The molecule has 0 atom stereocenters. The fourth-order valence-corrected chi connectivity index (χ4v) is 2.64. The fourth-order valence-electron chi connectivity index (χ4n) is 2.19. The van der Waals surface area contributed by atoms with E-state index in [1.807, 2.05) is 37.5 Å². The Kier molecular flexibility index (Phi) is 3.70. The Morgan fingerprint density at radius 3 is 2.86 bits per heavy atom. The molecule has 0 fully saturated rings. The van der Waals surface area contributed by atoms with Crippen molar-refractivity contribution in [3.05, 3.63) is 58.5 Å². The highest BCUT2D eigenvalue weighted by Crippen LogP contribution is 2.21. The molecule has 2 aromatic heterocycles. The van der Waals surface area contributed by atoms with Crippen molar-refractivity contribution in [2.45, 2.75) is 6.54 Å². The summed E-state index contributed by atoms with van der Waals surface area (Å²) < 4.78 is 4.49. The van der Waals surface area contributed by atoms with E-state index in [1.165, 1.54) is 0 Å². The number of hydrogen-bond acceptors (Lipinski definition) is 3. The standard InChI is InChI=1S/C15H13BrN4O/c1-19-8-12(6-17-19)15-13(10-21)9-20(18-15)7-11-3-2-4-14(16)5-11/h2-6,8-10H,7H2,1H3. The maximum Gasteiger partial charge on any atom is 0.153 e. The summed E-state index contributed by atoms with van der Waals surface area (Å²) in [5, 5.41) is 8.62. The summed E-state index contributed by atoms with van der Waals surface area (Å²) in [7, 11) is 1.84. The molecular formula is C15H13BrN4O. The summed E-state index contributed by atoms with van der Waals surface area (Å²) in [4.78, 5) is 11.2. The third kappa shape index (κ3) is 2.95. The van der Waals surface area contributed by atoms with Gasteiger partial charge in [0.15, 0.2) is 6.29 Å². The van der Waals surface area contributed by atoms with Gasteiger partial charge in [-0.2, -0.15) is 10.2 Å². The number of aromatic nitrogens is 4. The molecule has 0 aliphatic carbocycles. The number of carbonyl (C=O) groups is 1. The second-order valence-corrected chi connectivity index (χ2v) is 5.70. The molecule has 0 amide bonds. The van der Waals surface area contributed by atoms with Crippen molar-refractivity contribution in [2.75, 3.05) is 0 Å². The zero-order valence-electron chi connectivity index (χ0n) is 11.4. The maximum atomic E-state index is 11.2. The van der Waals surface area contributed by atoms with Crippen molar-refractivity contribution in [2.24, 2.45) is 7.05 Å². The van der Waals surface area contributed by atoms with Crippen molar-refractivity contribution < 1.29 is 4.79 Å². The minimum absolute atomic E-state index is 0.568. The molecule has 2 heterocycles. The van der Waals surface area contributed by atoms with Crippen LogP contribution in [0.4, 0.5) is 0 Å². The predicted octanol–water partition coefficient (Wildman–Crippen LogP) is 2.91. The van der Waals surface area contributed by atoms with Crippen LogP contribution < -0.4 is 0 Å². The first-order chi connectivity index (χ1) is 10.2. The zero-order valence-corrected chi connectivity index (χ0v) is 13.0. The van der Waals surface area contributed by atoms with Crippen molar-refractivity contribution in [1.29, 1.82) is 0 Å². The Morgan fingerprint density at radius 2 is 2.19 bits per heavy atom. The summed E-state index contributed by atoms with van der Waals surface area (Å²) in [5.74, 6) is 0. The first kappa shape index (κ1) is 13.8. The Balaban J connectivity index is 1.94. The Hall–Kier alpha value is -2.21. The molecule has 0 saturated heterocycles. The molecule has 5 nitrogen and oxygen atoms in total. The van der Waals surface area contributed by atoms with Crippen LogP contribution in [0, 0.1) is 0 Å². The van der Waals surface area contributed by atoms with E-state index in [4.69, 9.17) is 0 Å². The number of nitrogens with zero attached hydrogens (tertiary/aromatic N) is 4. The predicted molar refractivity (Wildman–Crippen MR) is 83.1 cm³/mol. The molecule has 0 aliphatic heterocycles. The van der Waals surface area contributed by atoms with Crippen molar-refractivity contribution >= 4 is 22.2 Å². The van der Waals surface area contributed by atoms with Crippen LogP contribution >= 0.6 is 15.9 Å². The van der Waals surface area contributed by atoms with Gasteiger partial charge < -0.3 is 0 Å². The van der Waals surface area contributed by atoms with Gasteiger partial charge in [-0.3, -0.25) is 14.2 Å². The van der Waals surface area contributed by atoms with E-state index in [2.05, 4.69) is 26.1 Å². The second-order valence-electron chi connectivity index (χ2n) is 4.78. The minimum atomic E-state index is 0.568. The average Bonchev–Trinajstić information content (AvgIpc) is 3.05. The zero-order chi connectivity index (χ0) is 14.8. The molecule has 0 saturated carbocycles. The van der Waals surface area contributed by atoms with Crippen LogP contribution in [-0.4, -0.2) is 25.8 Å². The van der Waals surface area contributed by atoms with Gasteiger partial charge in [-0.15, -0.1) is 0 Å². The molecule has 0 unspecified atom stereocenters. The van der Waals surface area contributed by atoms with E-state index in [1.54, 1.807) is 21.8 Å². The lowest BCUT2D eigenvalue weighted by Gasteiger charge is -2.02. The summed E-state index contributed by atoms with van der Waals surface area (Å²) >= 11 is 3.45. The Labute approximate surface area is 130 Å². The third-order valence-corrected chi connectivity index (χ3v) is 3.62. The number of carbonyl (C=O) groups excluding carboxylic acids is 1. The molecule has 0 spiro atoms. The molecule has 3 aromatic rings. The Bertz CT molecular complexity index is 791. The first-order valence-electron chi connectivity index (χ1n) is 6.42. The lowest BCUT2D eigenvalue weighted by Crippen LogP contribution is -2.00. The van der Waals surface area contributed by atoms with Gasteiger partial charge in [0.1, 0.15) is 5.69 Å². The van der Waals surface area contributed by atoms with E-state index in [0.29, 0.717) is 17.8 Å². The van der Waals surface area contributed by atoms with Gasteiger partial charge in [0, 0.05) is 29.5 Å². The fraction of sp³-hybridized carbons (Fsp3) is 0.133. The monoisotopic (exact) mass is 344 g/mol. The molecule has 0 bridgehead atoms. The molecule has 0 radical (unpaired) electrons. The van der Waals surface area contributed by atoms with Gasteiger partial charge in [-0.25, -0.2) is 0 Å². The number of aryl methyl sites for hydroxylation is 1. The molecule has 3 rings (SSSR count). The molecule has 6 heteroatoms. The van der Waals surface area contributed by atoms with Crippen LogP contribution in [0.15, 0.2) is 47.3 Å². The van der Waals surface area contributed by atoms with Crippen molar-refractivity contribution in [3.8, 4) is 11.3 Å². The van der Waals surface area contributed by atoms with Gasteiger partial charge in [0.2, 0.25) is 0 Å². The highest BCUT2D eigenvalue weighted by Gasteiger charge is 2.12. The lowest BCUT2D eigenvalue weighted by molar-refractivity contribution is 0.112. The average molecular weight is 345 g/mol. The van der Waals surface area contributed by atoms with Gasteiger partial charge >= 0.3 is 0 Å². The molecule has 106 valence electrons. The number of aldehydes is 1. The SMILES string of the molecule is Cn1cc(-c2nn(Cc3cccc(Br)c3)cc2C=O)cn1. The van der Waals surface area contributed by atoms with E-state index < -0.39 is 0 Å². The molecule has 0 aliphatic rings. The largest absolute Gasteiger partial charge is 0.298 e. The summed E-state index contributed by atoms with van der Waals surface area (Å²) in [5.41, 5.74) is 3.18. The van der Waals surface area contributed by atoms with Crippen LogP contribution in [0.25, 0.3) is 11.3 Å². The highest BCUT2D eigenvalue weighted by atomic mass is 79.9. The van der Waals surface area contributed by atoms with Gasteiger partial charge in [-0.1, -0.05) is 28.1 Å². The van der Waals surface area contributed by atoms with E-state index in [9.17, 15) is 4.79 Å². The number of benzene rings is 1. The molecule has 21 heavy (non-hydrogen) atoms. The van der Waals surface area contributed by atoms with Crippen LogP contribution in [0.5, 0.6) is 0 Å². The van der Waals surface area contributed by atoms with Gasteiger partial charge in [0.25, 0.3) is 0 Å². The first-order valence-corrected chi connectivity index (χ1v) is 7.21. The van der Waals surface area contributed by atoms with E-state index in [0.717, 1.165) is 21.9 Å². The normalized spacial score (nSPS) is 10.8. The summed E-state index contributed by atoms with van der Waals surface area (Å²) in [6, 6.07) is 8.01. The van der Waals surface area contributed by atoms with Gasteiger partial charge in [0.05, 0.1) is 18.3 Å². The van der Waals surface area contributed by atoms with Gasteiger partial charge in [-0.05, 0) is 17.7 Å². The van der Waals surface area contributed by atoms with Crippen LogP contribution in [0.2, 0.25) is 0 Å². The molecule has 0 N–H and O–H groups in total. The quantitative estimate of drug-likeness (QED) is 0.684.